The first-order chi connectivity index (χ1) is 14.9. The van der Waals surface area contributed by atoms with Gasteiger partial charge in [-0.1, -0.05) is 83.9 Å². The van der Waals surface area contributed by atoms with Gasteiger partial charge in [0.1, 0.15) is 0 Å². The van der Waals surface area contributed by atoms with Gasteiger partial charge in [0.15, 0.2) is 6.10 Å². The maximum atomic E-state index is 10.2. The summed E-state index contributed by atoms with van der Waals surface area (Å²) in [5, 5.41) is 22.0. The molecule has 3 aromatic rings. The molecule has 0 aliphatic heterocycles. The molecule has 3 atom stereocenters. The number of carboxylic acid groups (broad SMARTS) is 1. The number of nitrogens with one attached hydrogen (secondary N) is 1. The summed E-state index contributed by atoms with van der Waals surface area (Å²) in [5.74, 6) is -0.818. The summed E-state index contributed by atoms with van der Waals surface area (Å²) < 4.78 is 0. The summed E-state index contributed by atoms with van der Waals surface area (Å²) in [6, 6.07) is 23.4. The highest BCUT2D eigenvalue weighted by Gasteiger charge is 2.27. The molecule has 31 heavy (non-hydrogen) atoms. The van der Waals surface area contributed by atoms with Gasteiger partial charge in [-0.05, 0) is 54.3 Å². The van der Waals surface area contributed by atoms with E-state index in [1.165, 1.54) is 16.7 Å². The fourth-order valence-electron chi connectivity index (χ4n) is 3.94. The largest absolute Gasteiger partial charge is 0.479 e. The summed E-state index contributed by atoms with van der Waals surface area (Å²) in [6.07, 6.45) is 0.857. The third kappa shape index (κ3) is 5.66. The van der Waals surface area contributed by atoms with Gasteiger partial charge >= 0.3 is 5.97 Å². The second-order valence-electron chi connectivity index (χ2n) is 7.43. The van der Waals surface area contributed by atoms with Crippen LogP contribution in [-0.4, -0.2) is 23.2 Å². The number of fused-ring (bicyclic) bond motifs is 1. The van der Waals surface area contributed by atoms with Crippen molar-refractivity contribution in [2.24, 2.45) is 0 Å². The number of carboxylic acids is 1. The number of hydrogen-bond acceptors (Lipinski definition) is 3. The van der Waals surface area contributed by atoms with Crippen LogP contribution in [0.3, 0.4) is 0 Å². The van der Waals surface area contributed by atoms with E-state index in [0.717, 1.165) is 12.8 Å². The van der Waals surface area contributed by atoms with Crippen LogP contribution in [0.15, 0.2) is 72.8 Å². The minimum atomic E-state index is -1.41. The molecule has 0 saturated carbocycles. The molecule has 4 rings (SSSR count). The second-order valence-corrected chi connectivity index (χ2v) is 8.24. The molecule has 0 heterocycles. The Morgan fingerprint density at radius 2 is 1.58 bits per heavy atom. The summed E-state index contributed by atoms with van der Waals surface area (Å²) in [6.45, 7) is 0. The molecule has 162 valence electrons. The predicted octanol–water partition coefficient (Wildman–Crippen LogP) is 5.98. The lowest BCUT2D eigenvalue weighted by atomic mass is 9.77. The van der Waals surface area contributed by atoms with Crippen molar-refractivity contribution in [2.45, 2.75) is 30.9 Å². The monoisotopic (exact) mass is 457 g/mol. The minimum Gasteiger partial charge on any atom is -0.479 e. The zero-order valence-electron chi connectivity index (χ0n) is 17.1. The van der Waals surface area contributed by atoms with Crippen molar-refractivity contribution >= 4 is 29.2 Å². The first-order valence-electron chi connectivity index (χ1n) is 10.1. The molecule has 0 radical (unpaired) electrons. The normalized spacial score (nSPS) is 18.3. The van der Waals surface area contributed by atoms with Gasteiger partial charge in [-0.25, -0.2) is 4.79 Å². The first kappa shape index (κ1) is 23.3. The molecular weight excluding hydrogens is 433 g/mol. The molecule has 0 bridgehead atoms. The van der Waals surface area contributed by atoms with Crippen LogP contribution in [0.4, 0.5) is 0 Å². The highest BCUT2D eigenvalue weighted by atomic mass is 35.5. The fourth-order valence-corrected chi connectivity index (χ4v) is 4.25. The predicted molar refractivity (Wildman–Crippen MR) is 125 cm³/mol. The van der Waals surface area contributed by atoms with Crippen LogP contribution in [0.1, 0.15) is 53.2 Å². The van der Waals surface area contributed by atoms with Crippen molar-refractivity contribution in [3.63, 3.8) is 0 Å². The Morgan fingerprint density at radius 3 is 2.19 bits per heavy atom. The number of aliphatic carboxylic acids is 1. The van der Waals surface area contributed by atoms with Gasteiger partial charge in [0.2, 0.25) is 0 Å². The third-order valence-corrected chi connectivity index (χ3v) is 6.27. The lowest BCUT2D eigenvalue weighted by Gasteiger charge is -2.32. The average Bonchev–Trinajstić information content (AvgIpc) is 2.80. The molecule has 0 saturated heterocycles. The number of benzene rings is 3. The molecule has 3 N–H and O–H groups in total. The lowest BCUT2D eigenvalue weighted by molar-refractivity contribution is -0.146. The van der Waals surface area contributed by atoms with E-state index in [-0.39, 0.29) is 0 Å². The molecule has 6 heteroatoms. The lowest BCUT2D eigenvalue weighted by Crippen LogP contribution is -2.24. The van der Waals surface area contributed by atoms with Gasteiger partial charge < -0.3 is 15.5 Å². The maximum absolute atomic E-state index is 10.2. The summed E-state index contributed by atoms with van der Waals surface area (Å²) >= 11 is 12.2. The molecule has 0 unspecified atom stereocenters. The average molecular weight is 458 g/mol. The first-order valence-corrected chi connectivity index (χ1v) is 10.8. The van der Waals surface area contributed by atoms with Crippen LogP contribution in [0, 0.1) is 0 Å². The molecule has 4 nitrogen and oxygen atoms in total. The molecule has 0 spiro atoms. The number of rotatable bonds is 4. The molecule has 3 aromatic carbocycles. The zero-order valence-corrected chi connectivity index (χ0v) is 18.6. The SMILES string of the molecule is CN[C@H]1CC[C@H](c2ccc(Cl)c(Cl)c2)c2ccccc21.O=C(O)[C@@H](O)c1ccccc1. The molecule has 0 fully saturated rings. The Morgan fingerprint density at radius 1 is 0.935 bits per heavy atom. The van der Waals surface area contributed by atoms with E-state index in [9.17, 15) is 4.79 Å². The van der Waals surface area contributed by atoms with Crippen LogP contribution in [-0.2, 0) is 4.79 Å². The summed E-state index contributed by atoms with van der Waals surface area (Å²) in [7, 11) is 2.03. The third-order valence-electron chi connectivity index (χ3n) is 5.53. The summed E-state index contributed by atoms with van der Waals surface area (Å²) in [4.78, 5) is 10.2. The molecule has 1 aliphatic carbocycles. The van der Waals surface area contributed by atoms with E-state index in [1.807, 2.05) is 19.2 Å². The van der Waals surface area contributed by atoms with Gasteiger partial charge in [-0.2, -0.15) is 0 Å². The number of hydrogen-bond donors (Lipinski definition) is 3. The minimum absolute atomic E-state index is 0.403. The molecule has 0 amide bonds. The van der Waals surface area contributed by atoms with E-state index < -0.39 is 12.1 Å². The van der Waals surface area contributed by atoms with E-state index in [1.54, 1.807) is 30.3 Å². The van der Waals surface area contributed by atoms with Crippen molar-refractivity contribution in [3.05, 3.63) is 105 Å². The van der Waals surface area contributed by atoms with Crippen LogP contribution in [0.25, 0.3) is 0 Å². The Balaban J connectivity index is 0.000000210. The van der Waals surface area contributed by atoms with Crippen LogP contribution in [0.5, 0.6) is 0 Å². The highest BCUT2D eigenvalue weighted by molar-refractivity contribution is 6.42. The number of carbonyl (C=O) groups is 1. The van der Waals surface area contributed by atoms with Crippen molar-refractivity contribution in [3.8, 4) is 0 Å². The van der Waals surface area contributed by atoms with Gasteiger partial charge in [0, 0.05) is 12.0 Å². The van der Waals surface area contributed by atoms with E-state index >= 15 is 0 Å². The van der Waals surface area contributed by atoms with Crippen molar-refractivity contribution in [2.75, 3.05) is 7.05 Å². The Bertz CT molecular complexity index is 1030. The van der Waals surface area contributed by atoms with E-state index in [2.05, 4.69) is 35.6 Å². The van der Waals surface area contributed by atoms with Gasteiger partial charge in [-0.3, -0.25) is 0 Å². The molecule has 0 aromatic heterocycles. The molecule has 1 aliphatic rings. The standard InChI is InChI=1S/C17H17Cl2N.C8H8O3/c1-20-17-9-7-12(13-4-2-3-5-14(13)17)11-6-8-15(18)16(19)10-11;9-7(8(10)11)6-4-2-1-3-5-6/h2-6,8,10,12,17,20H,7,9H2,1H3;1-5,7,9H,(H,10,11)/t12-,17+;7-/m10/s1. The summed E-state index contributed by atoms with van der Waals surface area (Å²) in [5.41, 5.74) is 4.45. The zero-order chi connectivity index (χ0) is 22.4. The number of aliphatic hydroxyl groups is 1. The Kier molecular flexibility index (Phi) is 8.10. The van der Waals surface area contributed by atoms with Crippen LogP contribution < -0.4 is 5.32 Å². The van der Waals surface area contributed by atoms with E-state index in [0.29, 0.717) is 27.6 Å². The van der Waals surface area contributed by atoms with Crippen molar-refractivity contribution < 1.29 is 15.0 Å². The fraction of sp³-hybridized carbons (Fsp3) is 0.240. The van der Waals surface area contributed by atoms with Gasteiger partial charge in [0.25, 0.3) is 0 Å². The van der Waals surface area contributed by atoms with E-state index in [4.69, 9.17) is 33.4 Å². The quantitative estimate of drug-likeness (QED) is 0.450. The Labute approximate surface area is 192 Å². The highest BCUT2D eigenvalue weighted by Crippen LogP contribution is 2.42. The topological polar surface area (TPSA) is 69.6 Å². The second kappa shape index (κ2) is 10.8. The number of halogens is 2. The van der Waals surface area contributed by atoms with Crippen molar-refractivity contribution in [1.82, 2.24) is 5.32 Å². The van der Waals surface area contributed by atoms with Crippen LogP contribution in [0.2, 0.25) is 10.0 Å². The number of aliphatic hydroxyl groups excluding tert-OH is 1. The van der Waals surface area contributed by atoms with Crippen LogP contribution >= 0.6 is 23.2 Å². The Hall–Kier alpha value is -2.37. The maximum Gasteiger partial charge on any atom is 0.337 e. The van der Waals surface area contributed by atoms with Gasteiger partial charge in [0.05, 0.1) is 10.0 Å². The van der Waals surface area contributed by atoms with Crippen molar-refractivity contribution in [1.29, 1.82) is 0 Å². The molecular formula is C25H25Cl2NO3. The van der Waals surface area contributed by atoms with Gasteiger partial charge in [-0.15, -0.1) is 0 Å². The smallest absolute Gasteiger partial charge is 0.337 e.